The molecular weight excluding hydrogens is 304 g/mol. The van der Waals surface area contributed by atoms with Crippen molar-refractivity contribution in [2.45, 2.75) is 19.8 Å². The Balaban J connectivity index is 1.44. The highest BCUT2D eigenvalue weighted by atomic mass is 16.5. The first-order valence-electron chi connectivity index (χ1n) is 7.96. The van der Waals surface area contributed by atoms with Gasteiger partial charge in [0.1, 0.15) is 0 Å². The minimum absolute atomic E-state index is 0.0518. The van der Waals surface area contributed by atoms with Crippen LogP contribution in [0.3, 0.4) is 0 Å². The van der Waals surface area contributed by atoms with Crippen molar-refractivity contribution in [3.05, 3.63) is 59.2 Å². The molecule has 0 atom stereocenters. The number of carbonyl (C=O) groups excluding carboxylic acids is 1. The maximum absolute atomic E-state index is 12.5. The van der Waals surface area contributed by atoms with E-state index in [2.05, 4.69) is 15.1 Å². The van der Waals surface area contributed by atoms with E-state index in [0.29, 0.717) is 24.8 Å². The van der Waals surface area contributed by atoms with Gasteiger partial charge < -0.3 is 14.4 Å². The molecule has 0 aliphatic carbocycles. The van der Waals surface area contributed by atoms with E-state index in [-0.39, 0.29) is 11.8 Å². The van der Waals surface area contributed by atoms with Gasteiger partial charge in [0.15, 0.2) is 0 Å². The second-order valence-corrected chi connectivity index (χ2v) is 6.22. The smallest absolute Gasteiger partial charge is 0.255 e. The number of nitrogens with zero attached hydrogens (tertiary/aromatic N) is 3. The number of likely N-dealkylation sites (tertiary alicyclic amines) is 1. The second kappa shape index (κ2) is 5.63. The molecule has 2 aromatic heterocycles. The molecule has 4 rings (SSSR count). The predicted octanol–water partition coefficient (Wildman–Crippen LogP) is 2.92. The van der Waals surface area contributed by atoms with Crippen LogP contribution >= 0.6 is 0 Å². The van der Waals surface area contributed by atoms with E-state index in [1.165, 1.54) is 0 Å². The van der Waals surface area contributed by atoms with Crippen LogP contribution in [-0.4, -0.2) is 39.0 Å². The van der Waals surface area contributed by atoms with Gasteiger partial charge in [0.2, 0.25) is 11.7 Å². The molecule has 0 saturated carbocycles. The van der Waals surface area contributed by atoms with Crippen molar-refractivity contribution in [3.63, 3.8) is 0 Å². The van der Waals surface area contributed by atoms with Crippen molar-refractivity contribution in [1.29, 1.82) is 0 Å². The summed E-state index contributed by atoms with van der Waals surface area (Å²) in [6.07, 6.45) is 0. The van der Waals surface area contributed by atoms with Crippen molar-refractivity contribution in [3.8, 4) is 11.4 Å². The van der Waals surface area contributed by atoms with Crippen molar-refractivity contribution in [2.75, 3.05) is 13.1 Å². The Kier molecular flexibility index (Phi) is 3.45. The summed E-state index contributed by atoms with van der Waals surface area (Å²) in [6, 6.07) is 11.6. The summed E-state index contributed by atoms with van der Waals surface area (Å²) in [5.41, 5.74) is 3.57. The molecule has 1 N–H and O–H groups in total. The molecule has 1 fully saturated rings. The molecule has 3 heterocycles. The number of benzene rings is 1. The van der Waals surface area contributed by atoms with E-state index in [1.54, 1.807) is 0 Å². The van der Waals surface area contributed by atoms with Crippen LogP contribution in [0.25, 0.3) is 11.4 Å². The number of nitrogens with one attached hydrogen (secondary N) is 1. The summed E-state index contributed by atoms with van der Waals surface area (Å²) in [5, 5.41) is 4.04. The van der Waals surface area contributed by atoms with Crippen molar-refractivity contribution < 1.29 is 9.32 Å². The lowest BCUT2D eigenvalue weighted by Gasteiger charge is -2.37. The fourth-order valence-electron chi connectivity index (χ4n) is 3.02. The van der Waals surface area contributed by atoms with Crippen LogP contribution in [0.2, 0.25) is 0 Å². The standard InChI is InChI=1S/C18H18N4O2/c1-11-8-15(12(2)19-11)18(23)22-9-14(10-22)17-20-16(21-24-17)13-6-4-3-5-7-13/h3-8,14,19H,9-10H2,1-2H3. The zero-order valence-corrected chi connectivity index (χ0v) is 13.6. The van der Waals surface area contributed by atoms with E-state index in [0.717, 1.165) is 22.5 Å². The Morgan fingerprint density at radius 1 is 1.25 bits per heavy atom. The topological polar surface area (TPSA) is 75.0 Å². The number of aromatic nitrogens is 3. The van der Waals surface area contributed by atoms with Crippen molar-refractivity contribution in [2.24, 2.45) is 0 Å². The monoisotopic (exact) mass is 322 g/mol. The molecule has 1 saturated heterocycles. The number of hydrogen-bond donors (Lipinski definition) is 1. The minimum atomic E-state index is 0.0518. The molecule has 24 heavy (non-hydrogen) atoms. The van der Waals surface area contributed by atoms with Crippen LogP contribution in [0.4, 0.5) is 0 Å². The molecule has 0 spiro atoms. The summed E-state index contributed by atoms with van der Waals surface area (Å²) in [4.78, 5) is 22.0. The highest BCUT2D eigenvalue weighted by molar-refractivity contribution is 5.96. The van der Waals surface area contributed by atoms with Crippen LogP contribution in [0, 0.1) is 13.8 Å². The van der Waals surface area contributed by atoms with Gasteiger partial charge in [-0.1, -0.05) is 35.5 Å². The number of aromatic amines is 1. The molecule has 122 valence electrons. The van der Waals surface area contributed by atoms with Crippen molar-refractivity contribution in [1.82, 2.24) is 20.0 Å². The summed E-state index contributed by atoms with van der Waals surface area (Å²) in [5.74, 6) is 1.35. The van der Waals surface area contributed by atoms with E-state index >= 15 is 0 Å². The summed E-state index contributed by atoms with van der Waals surface area (Å²) >= 11 is 0. The highest BCUT2D eigenvalue weighted by Gasteiger charge is 2.36. The number of H-pyrrole nitrogens is 1. The maximum Gasteiger partial charge on any atom is 0.255 e. The van der Waals surface area contributed by atoms with Gasteiger partial charge in [0.25, 0.3) is 5.91 Å². The molecular formula is C18H18N4O2. The number of hydrogen-bond acceptors (Lipinski definition) is 4. The van der Waals surface area contributed by atoms with Crippen LogP contribution < -0.4 is 0 Å². The van der Waals surface area contributed by atoms with Crippen LogP contribution in [-0.2, 0) is 0 Å². The molecule has 1 aromatic carbocycles. The number of carbonyl (C=O) groups is 1. The molecule has 6 nitrogen and oxygen atoms in total. The van der Waals surface area contributed by atoms with Crippen molar-refractivity contribution >= 4 is 5.91 Å². The Labute approximate surface area is 139 Å². The Bertz CT molecular complexity index is 876. The number of amides is 1. The summed E-state index contributed by atoms with van der Waals surface area (Å²) in [7, 11) is 0. The van der Waals surface area contributed by atoms with E-state index in [4.69, 9.17) is 4.52 Å². The first-order chi connectivity index (χ1) is 11.6. The first-order valence-corrected chi connectivity index (χ1v) is 7.96. The van der Waals surface area contributed by atoms with Gasteiger partial charge in [-0.05, 0) is 19.9 Å². The van der Waals surface area contributed by atoms with Gasteiger partial charge in [0, 0.05) is 30.0 Å². The molecule has 0 radical (unpaired) electrons. The summed E-state index contributed by atoms with van der Waals surface area (Å²) < 4.78 is 5.38. The van der Waals surface area contributed by atoms with Gasteiger partial charge >= 0.3 is 0 Å². The predicted molar refractivity (Wildman–Crippen MR) is 88.6 cm³/mol. The molecule has 1 aliphatic heterocycles. The second-order valence-electron chi connectivity index (χ2n) is 6.22. The van der Waals surface area contributed by atoms with Gasteiger partial charge in [-0.15, -0.1) is 0 Å². The lowest BCUT2D eigenvalue weighted by Crippen LogP contribution is -2.48. The van der Waals surface area contributed by atoms with E-state index in [1.807, 2.05) is 55.1 Å². The average molecular weight is 322 g/mol. The zero-order valence-electron chi connectivity index (χ0n) is 13.6. The largest absolute Gasteiger partial charge is 0.362 e. The van der Waals surface area contributed by atoms with E-state index < -0.39 is 0 Å². The van der Waals surface area contributed by atoms with Crippen LogP contribution in [0.5, 0.6) is 0 Å². The van der Waals surface area contributed by atoms with Crippen LogP contribution in [0.1, 0.15) is 33.6 Å². The third-order valence-electron chi connectivity index (χ3n) is 4.37. The normalized spacial score (nSPS) is 14.7. The lowest BCUT2D eigenvalue weighted by molar-refractivity contribution is 0.0568. The Morgan fingerprint density at radius 2 is 2.00 bits per heavy atom. The van der Waals surface area contributed by atoms with Gasteiger partial charge in [-0.3, -0.25) is 4.79 Å². The molecule has 6 heteroatoms. The van der Waals surface area contributed by atoms with Gasteiger partial charge in [0.05, 0.1) is 11.5 Å². The lowest BCUT2D eigenvalue weighted by atomic mass is 9.98. The maximum atomic E-state index is 12.5. The number of rotatable bonds is 3. The number of aryl methyl sites for hydroxylation is 2. The highest BCUT2D eigenvalue weighted by Crippen LogP contribution is 2.29. The first kappa shape index (κ1) is 14.7. The fourth-order valence-corrected chi connectivity index (χ4v) is 3.02. The Hall–Kier alpha value is -2.89. The fraction of sp³-hybridized carbons (Fsp3) is 0.278. The SMILES string of the molecule is Cc1cc(C(=O)N2CC(c3nc(-c4ccccc4)no3)C2)c(C)[nH]1. The van der Waals surface area contributed by atoms with E-state index in [9.17, 15) is 4.79 Å². The van der Waals surface area contributed by atoms with Gasteiger partial charge in [-0.2, -0.15) is 4.98 Å². The van der Waals surface area contributed by atoms with Crippen LogP contribution in [0.15, 0.2) is 40.9 Å². The third kappa shape index (κ3) is 2.50. The molecule has 0 bridgehead atoms. The minimum Gasteiger partial charge on any atom is -0.362 e. The average Bonchev–Trinajstić information content (AvgIpc) is 3.13. The van der Waals surface area contributed by atoms with Gasteiger partial charge in [-0.25, -0.2) is 0 Å². The zero-order chi connectivity index (χ0) is 16.7. The molecule has 1 amide bonds. The molecule has 3 aromatic rings. The summed E-state index contributed by atoms with van der Waals surface area (Å²) in [6.45, 7) is 5.09. The molecule has 1 aliphatic rings. The third-order valence-corrected chi connectivity index (χ3v) is 4.37. The quantitative estimate of drug-likeness (QED) is 0.804. The molecule has 0 unspecified atom stereocenters. The Morgan fingerprint density at radius 3 is 2.67 bits per heavy atom.